The Morgan fingerprint density at radius 2 is 2.00 bits per heavy atom. The maximum absolute atomic E-state index is 5.47. The van der Waals surface area contributed by atoms with Gasteiger partial charge in [-0.1, -0.05) is 12.1 Å². The van der Waals surface area contributed by atoms with Crippen molar-refractivity contribution in [3.05, 3.63) is 29.8 Å². The Kier molecular flexibility index (Phi) is 5.59. The Morgan fingerprint density at radius 3 is 2.84 bits per heavy atom. The van der Waals surface area contributed by atoms with Crippen LogP contribution in [0.5, 0.6) is 5.75 Å². The van der Waals surface area contributed by atoms with Gasteiger partial charge in [-0.15, -0.1) is 0 Å². The van der Waals surface area contributed by atoms with Crippen LogP contribution in [0.4, 0.5) is 0 Å². The Hall–Kier alpha value is -1.10. The predicted octanol–water partition coefficient (Wildman–Crippen LogP) is 3.05. The van der Waals surface area contributed by atoms with Crippen molar-refractivity contribution in [1.82, 2.24) is 15.1 Å². The van der Waals surface area contributed by atoms with E-state index < -0.39 is 0 Å². The summed E-state index contributed by atoms with van der Waals surface area (Å²) in [6.45, 7) is 6.13. The maximum atomic E-state index is 5.47. The molecule has 0 unspecified atom stereocenters. The van der Waals surface area contributed by atoms with Crippen molar-refractivity contribution in [3.8, 4) is 5.75 Å². The molecule has 0 radical (unpaired) electrons. The molecule has 4 heteroatoms. The molecule has 3 aliphatic rings. The lowest BCUT2D eigenvalue weighted by atomic mass is 9.96. The highest BCUT2D eigenvalue weighted by molar-refractivity contribution is 5.31. The van der Waals surface area contributed by atoms with Crippen LogP contribution in [-0.2, 0) is 0 Å². The minimum atomic E-state index is 0.471. The van der Waals surface area contributed by atoms with Crippen LogP contribution in [-0.4, -0.2) is 61.7 Å². The van der Waals surface area contributed by atoms with E-state index in [1.807, 2.05) is 6.07 Å². The van der Waals surface area contributed by atoms with Gasteiger partial charge in [0.2, 0.25) is 0 Å². The minimum Gasteiger partial charge on any atom is -0.497 e. The average Bonchev–Trinajstić information content (AvgIpc) is 3.33. The lowest BCUT2D eigenvalue weighted by molar-refractivity contribution is 0.157. The lowest BCUT2D eigenvalue weighted by Gasteiger charge is -2.37. The van der Waals surface area contributed by atoms with E-state index in [-0.39, 0.29) is 0 Å². The smallest absolute Gasteiger partial charge is 0.119 e. The number of rotatable bonds is 6. The fourth-order valence-corrected chi connectivity index (χ4v) is 5.05. The Labute approximate surface area is 152 Å². The standard InChI is InChI=1S/C21H33N3O/c1-25-20-8-4-6-17(14-20)21(24-10-2-3-11-24)16-22-18-9-13-23-12-5-7-19(23)15-18/h4,6,8,14,18-19,21-22H,2-3,5,7,9-13,15-16H2,1H3/t18-,19-,21+/m1/s1. The highest BCUT2D eigenvalue weighted by atomic mass is 16.5. The number of benzene rings is 1. The number of likely N-dealkylation sites (tertiary alicyclic amines) is 1. The quantitative estimate of drug-likeness (QED) is 0.859. The van der Waals surface area contributed by atoms with Gasteiger partial charge in [0.25, 0.3) is 0 Å². The molecule has 0 bridgehead atoms. The van der Waals surface area contributed by atoms with Crippen molar-refractivity contribution in [2.45, 2.75) is 56.7 Å². The lowest BCUT2D eigenvalue weighted by Crippen LogP contribution is -2.47. The molecule has 1 N–H and O–H groups in total. The first-order valence-corrected chi connectivity index (χ1v) is 10.2. The maximum Gasteiger partial charge on any atom is 0.119 e. The second-order valence-electron chi connectivity index (χ2n) is 8.00. The predicted molar refractivity (Wildman–Crippen MR) is 102 cm³/mol. The number of piperidine rings is 1. The van der Waals surface area contributed by atoms with Gasteiger partial charge in [0.15, 0.2) is 0 Å². The molecule has 138 valence electrons. The zero-order valence-electron chi connectivity index (χ0n) is 15.6. The van der Waals surface area contributed by atoms with E-state index in [1.54, 1.807) is 7.11 Å². The van der Waals surface area contributed by atoms with Gasteiger partial charge in [-0.3, -0.25) is 4.90 Å². The Balaban J connectivity index is 1.41. The first-order valence-electron chi connectivity index (χ1n) is 10.2. The molecule has 4 nitrogen and oxygen atoms in total. The summed E-state index contributed by atoms with van der Waals surface area (Å²) in [5.41, 5.74) is 1.40. The summed E-state index contributed by atoms with van der Waals surface area (Å²) in [5, 5.41) is 3.94. The topological polar surface area (TPSA) is 27.7 Å². The van der Waals surface area contributed by atoms with Gasteiger partial charge in [0.05, 0.1) is 7.11 Å². The summed E-state index contributed by atoms with van der Waals surface area (Å²) >= 11 is 0. The first-order chi connectivity index (χ1) is 12.3. The molecule has 3 atom stereocenters. The molecule has 0 saturated carbocycles. The summed E-state index contributed by atoms with van der Waals surface area (Å²) in [4.78, 5) is 5.37. The number of nitrogens with zero attached hydrogens (tertiary/aromatic N) is 2. The van der Waals surface area contributed by atoms with Gasteiger partial charge >= 0.3 is 0 Å². The van der Waals surface area contributed by atoms with Crippen molar-refractivity contribution in [2.24, 2.45) is 0 Å². The van der Waals surface area contributed by atoms with Crippen LogP contribution in [0.2, 0.25) is 0 Å². The summed E-state index contributed by atoms with van der Waals surface area (Å²) in [7, 11) is 1.76. The summed E-state index contributed by atoms with van der Waals surface area (Å²) < 4.78 is 5.47. The summed E-state index contributed by atoms with van der Waals surface area (Å²) in [6.07, 6.45) is 8.12. The van der Waals surface area contributed by atoms with Gasteiger partial charge < -0.3 is 15.0 Å². The van der Waals surface area contributed by atoms with Crippen LogP contribution in [0, 0.1) is 0 Å². The molecule has 0 aliphatic carbocycles. The van der Waals surface area contributed by atoms with E-state index in [0.29, 0.717) is 12.1 Å². The molecule has 1 aromatic carbocycles. The molecule has 0 amide bonds. The van der Waals surface area contributed by atoms with Gasteiger partial charge in [0, 0.05) is 24.7 Å². The van der Waals surface area contributed by atoms with Crippen molar-refractivity contribution >= 4 is 0 Å². The van der Waals surface area contributed by atoms with Gasteiger partial charge in [-0.25, -0.2) is 0 Å². The third-order valence-electron chi connectivity index (χ3n) is 6.48. The Bertz CT molecular complexity index is 558. The largest absolute Gasteiger partial charge is 0.497 e. The van der Waals surface area contributed by atoms with E-state index in [4.69, 9.17) is 4.74 Å². The molecule has 0 aromatic heterocycles. The number of ether oxygens (including phenoxy) is 1. The van der Waals surface area contributed by atoms with E-state index in [2.05, 4.69) is 33.3 Å². The van der Waals surface area contributed by atoms with E-state index in [9.17, 15) is 0 Å². The Morgan fingerprint density at radius 1 is 1.12 bits per heavy atom. The molecule has 3 aliphatic heterocycles. The van der Waals surface area contributed by atoms with Gasteiger partial charge in [-0.2, -0.15) is 0 Å². The number of hydrogen-bond acceptors (Lipinski definition) is 4. The molecule has 4 rings (SSSR count). The molecule has 1 aromatic rings. The number of methoxy groups -OCH3 is 1. The molecule has 3 fully saturated rings. The number of fused-ring (bicyclic) bond motifs is 1. The SMILES string of the molecule is COc1cccc([C@H](CN[C@@H]2CCN3CCC[C@@H]3C2)N2CCCC2)c1. The molecule has 3 heterocycles. The van der Waals surface area contributed by atoms with Crippen LogP contribution in [0.1, 0.15) is 50.1 Å². The molecule has 3 saturated heterocycles. The summed E-state index contributed by atoms with van der Waals surface area (Å²) in [5.74, 6) is 0.973. The van der Waals surface area contributed by atoms with Crippen LogP contribution in [0.3, 0.4) is 0 Å². The number of hydrogen-bond donors (Lipinski definition) is 1. The second-order valence-corrected chi connectivity index (χ2v) is 8.00. The fourth-order valence-electron chi connectivity index (χ4n) is 5.05. The zero-order chi connectivity index (χ0) is 17.1. The van der Waals surface area contributed by atoms with Gasteiger partial charge in [-0.05, 0) is 82.4 Å². The average molecular weight is 344 g/mol. The van der Waals surface area contributed by atoms with E-state index in [1.165, 1.54) is 70.3 Å². The number of nitrogens with one attached hydrogen (secondary N) is 1. The van der Waals surface area contributed by atoms with Crippen LogP contribution in [0.25, 0.3) is 0 Å². The van der Waals surface area contributed by atoms with Crippen LogP contribution >= 0.6 is 0 Å². The summed E-state index contributed by atoms with van der Waals surface area (Å²) in [6, 6.07) is 10.7. The minimum absolute atomic E-state index is 0.471. The van der Waals surface area contributed by atoms with E-state index >= 15 is 0 Å². The van der Waals surface area contributed by atoms with Crippen molar-refractivity contribution in [2.75, 3.05) is 39.8 Å². The molecular weight excluding hydrogens is 310 g/mol. The van der Waals surface area contributed by atoms with Crippen LogP contribution < -0.4 is 10.1 Å². The zero-order valence-corrected chi connectivity index (χ0v) is 15.6. The monoisotopic (exact) mass is 343 g/mol. The highest BCUT2D eigenvalue weighted by Crippen LogP contribution is 2.29. The normalized spacial score (nSPS) is 28.8. The first kappa shape index (κ1) is 17.3. The van der Waals surface area contributed by atoms with Crippen molar-refractivity contribution < 1.29 is 4.74 Å². The highest BCUT2D eigenvalue weighted by Gasteiger charge is 2.32. The third-order valence-corrected chi connectivity index (χ3v) is 6.48. The molecular formula is C21H33N3O. The molecule has 25 heavy (non-hydrogen) atoms. The van der Waals surface area contributed by atoms with E-state index in [0.717, 1.165) is 18.3 Å². The second kappa shape index (κ2) is 8.07. The van der Waals surface area contributed by atoms with Crippen molar-refractivity contribution in [3.63, 3.8) is 0 Å². The van der Waals surface area contributed by atoms with Crippen molar-refractivity contribution in [1.29, 1.82) is 0 Å². The fraction of sp³-hybridized carbons (Fsp3) is 0.714. The molecule has 0 spiro atoms. The van der Waals surface area contributed by atoms with Gasteiger partial charge in [0.1, 0.15) is 5.75 Å². The van der Waals surface area contributed by atoms with Crippen LogP contribution in [0.15, 0.2) is 24.3 Å². The third kappa shape index (κ3) is 4.02.